The topological polar surface area (TPSA) is 17.8 Å². The van der Waals surface area contributed by atoms with Crippen molar-refractivity contribution in [2.45, 2.75) is 13.5 Å². The van der Waals surface area contributed by atoms with Gasteiger partial charge in [0.05, 0.1) is 10.9 Å². The van der Waals surface area contributed by atoms with E-state index in [4.69, 9.17) is 11.6 Å². The molecule has 0 spiro atoms. The highest BCUT2D eigenvalue weighted by Crippen LogP contribution is 2.25. The Bertz CT molecular complexity index is 450. The van der Waals surface area contributed by atoms with Gasteiger partial charge < -0.3 is 0 Å². The molecule has 0 aliphatic carbocycles. The predicted octanol–water partition coefficient (Wildman–Crippen LogP) is 2.85. The number of halogens is 2. The van der Waals surface area contributed by atoms with Crippen molar-refractivity contribution < 1.29 is 4.39 Å². The van der Waals surface area contributed by atoms with E-state index < -0.39 is 0 Å². The van der Waals surface area contributed by atoms with Crippen LogP contribution in [0, 0.1) is 5.82 Å². The molecule has 0 bridgehead atoms. The lowest BCUT2D eigenvalue weighted by molar-refractivity contribution is 0.639. The molecule has 0 N–H and O–H groups in total. The summed E-state index contributed by atoms with van der Waals surface area (Å²) in [6.45, 7) is 2.63. The highest BCUT2D eigenvalue weighted by Gasteiger charge is 2.10. The third-order valence-electron chi connectivity index (χ3n) is 1.98. The molecule has 0 aliphatic rings. The molecule has 13 heavy (non-hydrogen) atoms. The molecule has 0 unspecified atom stereocenters. The number of hydrogen-bond donors (Lipinski definition) is 0. The van der Waals surface area contributed by atoms with E-state index in [1.807, 2.05) is 6.92 Å². The van der Waals surface area contributed by atoms with Gasteiger partial charge in [0.25, 0.3) is 0 Å². The van der Waals surface area contributed by atoms with Crippen molar-refractivity contribution in [1.29, 1.82) is 0 Å². The fourth-order valence-electron chi connectivity index (χ4n) is 1.38. The molecule has 0 aliphatic heterocycles. The highest BCUT2D eigenvalue weighted by molar-refractivity contribution is 6.34. The fraction of sp³-hybridized carbons (Fsp3) is 0.222. The van der Waals surface area contributed by atoms with Crippen LogP contribution in [0.25, 0.3) is 10.9 Å². The summed E-state index contributed by atoms with van der Waals surface area (Å²) < 4.78 is 14.9. The van der Waals surface area contributed by atoms with Gasteiger partial charge in [0.1, 0.15) is 5.82 Å². The molecular weight excluding hydrogens is 191 g/mol. The van der Waals surface area contributed by atoms with Crippen molar-refractivity contribution in [3.8, 4) is 0 Å². The first-order valence-electron chi connectivity index (χ1n) is 4.04. The monoisotopic (exact) mass is 198 g/mol. The summed E-state index contributed by atoms with van der Waals surface area (Å²) in [5.41, 5.74) is 0.743. The SMILES string of the molecule is CCn1nc(Cl)c2c(F)cccc21. The van der Waals surface area contributed by atoms with Gasteiger partial charge in [0.15, 0.2) is 5.15 Å². The van der Waals surface area contributed by atoms with E-state index in [9.17, 15) is 4.39 Å². The molecule has 1 aromatic carbocycles. The van der Waals surface area contributed by atoms with Gasteiger partial charge >= 0.3 is 0 Å². The second-order valence-electron chi connectivity index (χ2n) is 2.74. The quantitative estimate of drug-likeness (QED) is 0.689. The van der Waals surface area contributed by atoms with Gasteiger partial charge in [-0.3, -0.25) is 4.68 Å². The molecular formula is C9H8ClFN2. The molecule has 2 aromatic rings. The fourth-order valence-corrected chi connectivity index (χ4v) is 1.66. The van der Waals surface area contributed by atoms with Crippen LogP contribution in [0.3, 0.4) is 0 Å². The van der Waals surface area contributed by atoms with E-state index in [0.717, 1.165) is 5.52 Å². The summed E-state index contributed by atoms with van der Waals surface area (Å²) in [5.74, 6) is -0.317. The second kappa shape index (κ2) is 3.00. The number of nitrogens with zero attached hydrogens (tertiary/aromatic N) is 2. The molecule has 0 saturated carbocycles. The van der Waals surface area contributed by atoms with Crippen LogP contribution in [0.4, 0.5) is 4.39 Å². The van der Waals surface area contributed by atoms with Crippen LogP contribution in [0.2, 0.25) is 5.15 Å². The van der Waals surface area contributed by atoms with E-state index >= 15 is 0 Å². The Balaban J connectivity index is 2.87. The van der Waals surface area contributed by atoms with Gasteiger partial charge in [-0.15, -0.1) is 0 Å². The Morgan fingerprint density at radius 3 is 3.00 bits per heavy atom. The lowest BCUT2D eigenvalue weighted by Gasteiger charge is -1.96. The third kappa shape index (κ3) is 1.20. The average molecular weight is 199 g/mol. The van der Waals surface area contributed by atoms with E-state index in [-0.39, 0.29) is 11.0 Å². The Labute approximate surface area is 79.9 Å². The number of fused-ring (bicyclic) bond motifs is 1. The minimum absolute atomic E-state index is 0.231. The van der Waals surface area contributed by atoms with Gasteiger partial charge in [-0.2, -0.15) is 5.10 Å². The lowest BCUT2D eigenvalue weighted by atomic mass is 10.2. The van der Waals surface area contributed by atoms with Crippen molar-refractivity contribution >= 4 is 22.5 Å². The Morgan fingerprint density at radius 2 is 2.31 bits per heavy atom. The summed E-state index contributed by atoms with van der Waals surface area (Å²) in [5, 5.41) is 4.65. The first-order valence-corrected chi connectivity index (χ1v) is 4.42. The molecule has 2 nitrogen and oxygen atoms in total. The Kier molecular flexibility index (Phi) is 1.96. The maximum absolute atomic E-state index is 13.3. The molecule has 68 valence electrons. The molecule has 0 radical (unpaired) electrons. The molecule has 1 aromatic heterocycles. The molecule has 0 amide bonds. The maximum atomic E-state index is 13.3. The number of rotatable bonds is 1. The molecule has 0 fully saturated rings. The van der Waals surface area contributed by atoms with E-state index in [1.165, 1.54) is 6.07 Å². The first-order chi connectivity index (χ1) is 6.24. The van der Waals surface area contributed by atoms with Crippen molar-refractivity contribution in [3.05, 3.63) is 29.2 Å². The van der Waals surface area contributed by atoms with E-state index in [0.29, 0.717) is 11.9 Å². The zero-order valence-electron chi connectivity index (χ0n) is 7.09. The molecule has 4 heteroatoms. The van der Waals surface area contributed by atoms with Gasteiger partial charge in [0, 0.05) is 6.54 Å². The summed E-state index contributed by atoms with van der Waals surface area (Å²) in [7, 11) is 0. The van der Waals surface area contributed by atoms with E-state index in [2.05, 4.69) is 5.10 Å². The van der Waals surface area contributed by atoms with Crippen LogP contribution in [-0.4, -0.2) is 9.78 Å². The molecule has 1 heterocycles. The molecule has 0 atom stereocenters. The number of aryl methyl sites for hydroxylation is 1. The summed E-state index contributed by atoms with van der Waals surface area (Å²) in [6.07, 6.45) is 0. The van der Waals surface area contributed by atoms with Crippen LogP contribution in [0.5, 0.6) is 0 Å². The lowest BCUT2D eigenvalue weighted by Crippen LogP contribution is -1.95. The van der Waals surface area contributed by atoms with Crippen molar-refractivity contribution in [1.82, 2.24) is 9.78 Å². The van der Waals surface area contributed by atoms with Crippen LogP contribution in [0.15, 0.2) is 18.2 Å². The third-order valence-corrected chi connectivity index (χ3v) is 2.25. The van der Waals surface area contributed by atoms with E-state index in [1.54, 1.807) is 16.8 Å². The normalized spacial score (nSPS) is 11.0. The zero-order chi connectivity index (χ0) is 9.42. The zero-order valence-corrected chi connectivity index (χ0v) is 7.85. The largest absolute Gasteiger partial charge is 0.264 e. The minimum atomic E-state index is -0.317. The molecule has 0 saturated heterocycles. The summed E-state index contributed by atoms with van der Waals surface area (Å²) in [6, 6.07) is 4.85. The van der Waals surface area contributed by atoms with Crippen molar-refractivity contribution in [3.63, 3.8) is 0 Å². The predicted molar refractivity (Wildman–Crippen MR) is 50.4 cm³/mol. The number of hydrogen-bond acceptors (Lipinski definition) is 1. The second-order valence-corrected chi connectivity index (χ2v) is 3.10. The smallest absolute Gasteiger partial charge is 0.161 e. The number of benzene rings is 1. The summed E-state index contributed by atoms with van der Waals surface area (Å²) >= 11 is 5.79. The van der Waals surface area contributed by atoms with Gasteiger partial charge in [-0.05, 0) is 19.1 Å². The average Bonchev–Trinajstić information content (AvgIpc) is 2.44. The minimum Gasteiger partial charge on any atom is -0.264 e. The first kappa shape index (κ1) is 8.51. The van der Waals surface area contributed by atoms with Crippen LogP contribution in [0.1, 0.15) is 6.92 Å². The highest BCUT2D eigenvalue weighted by atomic mass is 35.5. The van der Waals surface area contributed by atoms with Crippen molar-refractivity contribution in [2.75, 3.05) is 0 Å². The van der Waals surface area contributed by atoms with Gasteiger partial charge in [-0.25, -0.2) is 4.39 Å². The standard InChI is InChI=1S/C9H8ClFN2/c1-2-13-7-5-3-4-6(11)8(7)9(10)12-13/h3-5H,2H2,1H3. The summed E-state index contributed by atoms with van der Waals surface area (Å²) in [4.78, 5) is 0. The molecule has 2 rings (SSSR count). The Morgan fingerprint density at radius 1 is 1.54 bits per heavy atom. The number of aromatic nitrogens is 2. The Hall–Kier alpha value is -1.09. The maximum Gasteiger partial charge on any atom is 0.161 e. The van der Waals surface area contributed by atoms with Crippen LogP contribution >= 0.6 is 11.6 Å². The van der Waals surface area contributed by atoms with Crippen molar-refractivity contribution in [2.24, 2.45) is 0 Å². The van der Waals surface area contributed by atoms with Crippen LogP contribution in [-0.2, 0) is 6.54 Å². The van der Waals surface area contributed by atoms with Crippen LogP contribution < -0.4 is 0 Å². The van der Waals surface area contributed by atoms with Gasteiger partial charge in [-0.1, -0.05) is 17.7 Å². The van der Waals surface area contributed by atoms with Gasteiger partial charge in [0.2, 0.25) is 0 Å².